The van der Waals surface area contributed by atoms with Crippen LogP contribution in [0.3, 0.4) is 0 Å². The minimum atomic E-state index is 0.454. The summed E-state index contributed by atoms with van der Waals surface area (Å²) in [5.74, 6) is 0. The van der Waals surface area contributed by atoms with Crippen molar-refractivity contribution < 1.29 is 0 Å². The Labute approximate surface area is 115 Å². The second-order valence-corrected chi connectivity index (χ2v) is 4.96. The van der Waals surface area contributed by atoms with Crippen LogP contribution >= 0.6 is 0 Å². The average Bonchev–Trinajstić information content (AvgIpc) is 2.87. The third kappa shape index (κ3) is 3.64. The Balaban J connectivity index is 1.94. The third-order valence-electron chi connectivity index (χ3n) is 3.53. The zero-order valence-electron chi connectivity index (χ0n) is 12.0. The van der Waals surface area contributed by atoms with Crippen LogP contribution in [-0.2, 0) is 19.5 Å². The van der Waals surface area contributed by atoms with Crippen molar-refractivity contribution in [2.24, 2.45) is 0 Å². The number of aryl methyl sites for hydroxylation is 1. The molecule has 2 aromatic rings. The molecular formula is C15H22N4. The molecule has 0 saturated carbocycles. The molecule has 0 aliphatic rings. The van der Waals surface area contributed by atoms with Crippen molar-refractivity contribution in [3.05, 3.63) is 48.3 Å². The summed E-state index contributed by atoms with van der Waals surface area (Å²) < 4.78 is 2.18. The van der Waals surface area contributed by atoms with Gasteiger partial charge in [0.15, 0.2) is 0 Å². The zero-order chi connectivity index (χ0) is 13.7. The van der Waals surface area contributed by atoms with E-state index in [-0.39, 0.29) is 0 Å². The molecule has 0 bridgehead atoms. The van der Waals surface area contributed by atoms with Crippen LogP contribution in [0.4, 0.5) is 0 Å². The number of nitrogens with zero attached hydrogens (tertiary/aromatic N) is 4. The third-order valence-corrected chi connectivity index (χ3v) is 3.53. The quantitative estimate of drug-likeness (QED) is 0.797. The number of likely N-dealkylation sites (N-methyl/N-ethyl adjacent to an activating group) is 1. The molecule has 0 amide bonds. The van der Waals surface area contributed by atoms with Crippen molar-refractivity contribution in [3.8, 4) is 0 Å². The molecule has 0 aromatic carbocycles. The topological polar surface area (TPSA) is 34.0 Å². The van der Waals surface area contributed by atoms with Crippen LogP contribution in [0.2, 0.25) is 0 Å². The van der Waals surface area contributed by atoms with Gasteiger partial charge in [-0.3, -0.25) is 9.88 Å². The summed E-state index contributed by atoms with van der Waals surface area (Å²) in [4.78, 5) is 10.9. The van der Waals surface area contributed by atoms with E-state index in [0.29, 0.717) is 6.04 Å². The Morgan fingerprint density at radius 2 is 2.21 bits per heavy atom. The molecule has 0 aliphatic carbocycles. The summed E-state index contributed by atoms with van der Waals surface area (Å²) in [5, 5.41) is 0. The normalized spacial score (nSPS) is 12.8. The molecule has 0 spiro atoms. The molecule has 0 N–H and O–H groups in total. The first-order valence-electron chi connectivity index (χ1n) is 6.80. The van der Waals surface area contributed by atoms with E-state index in [0.717, 1.165) is 25.2 Å². The maximum atomic E-state index is 4.39. The Morgan fingerprint density at radius 3 is 2.89 bits per heavy atom. The van der Waals surface area contributed by atoms with E-state index in [9.17, 15) is 0 Å². The smallest absolute Gasteiger partial charge is 0.0948 e. The Kier molecular flexibility index (Phi) is 4.68. The average molecular weight is 258 g/mol. The predicted octanol–water partition coefficient (Wildman–Crippen LogP) is 2.36. The summed E-state index contributed by atoms with van der Waals surface area (Å²) in [6.07, 6.45) is 6.67. The van der Waals surface area contributed by atoms with Crippen molar-refractivity contribution in [3.63, 3.8) is 0 Å². The van der Waals surface area contributed by atoms with Crippen molar-refractivity contribution in [2.75, 3.05) is 7.05 Å². The van der Waals surface area contributed by atoms with Gasteiger partial charge in [0.1, 0.15) is 0 Å². The largest absolute Gasteiger partial charge is 0.334 e. The van der Waals surface area contributed by atoms with Gasteiger partial charge < -0.3 is 4.57 Å². The highest BCUT2D eigenvalue weighted by Crippen LogP contribution is 2.09. The van der Waals surface area contributed by atoms with E-state index in [4.69, 9.17) is 0 Å². The Morgan fingerprint density at radius 1 is 1.37 bits per heavy atom. The van der Waals surface area contributed by atoms with Gasteiger partial charge in [-0.2, -0.15) is 0 Å². The lowest BCUT2D eigenvalue weighted by Crippen LogP contribution is -2.31. The second kappa shape index (κ2) is 6.48. The van der Waals surface area contributed by atoms with Crippen LogP contribution in [0.15, 0.2) is 36.9 Å². The van der Waals surface area contributed by atoms with Crippen molar-refractivity contribution in [2.45, 2.75) is 39.4 Å². The molecule has 2 rings (SSSR count). The highest BCUT2D eigenvalue weighted by atomic mass is 15.2. The lowest BCUT2D eigenvalue weighted by Gasteiger charge is -2.24. The molecule has 2 aromatic heterocycles. The number of imidazole rings is 1. The molecule has 0 saturated heterocycles. The monoisotopic (exact) mass is 258 g/mol. The minimum absolute atomic E-state index is 0.454. The number of aromatic nitrogens is 3. The zero-order valence-corrected chi connectivity index (χ0v) is 12.0. The van der Waals surface area contributed by atoms with Gasteiger partial charge >= 0.3 is 0 Å². The second-order valence-electron chi connectivity index (χ2n) is 4.96. The number of hydrogen-bond acceptors (Lipinski definition) is 3. The predicted molar refractivity (Wildman–Crippen MR) is 76.8 cm³/mol. The van der Waals surface area contributed by atoms with Gasteiger partial charge in [-0.1, -0.05) is 6.07 Å². The van der Waals surface area contributed by atoms with E-state index in [1.54, 1.807) is 0 Å². The lowest BCUT2D eigenvalue weighted by atomic mass is 10.1. The molecule has 19 heavy (non-hydrogen) atoms. The molecule has 0 radical (unpaired) electrons. The van der Waals surface area contributed by atoms with Crippen molar-refractivity contribution >= 4 is 0 Å². The van der Waals surface area contributed by atoms with E-state index in [1.807, 2.05) is 30.9 Å². The molecule has 4 nitrogen and oxygen atoms in total. The van der Waals surface area contributed by atoms with Gasteiger partial charge in [-0.25, -0.2) is 4.98 Å². The number of rotatable bonds is 6. The van der Waals surface area contributed by atoms with Gasteiger partial charge in [-0.15, -0.1) is 0 Å². The van der Waals surface area contributed by atoms with Gasteiger partial charge in [0.2, 0.25) is 0 Å². The molecule has 0 fully saturated rings. The first-order chi connectivity index (χ1) is 9.20. The van der Waals surface area contributed by atoms with E-state index < -0.39 is 0 Å². The Bertz CT molecular complexity index is 492. The fourth-order valence-corrected chi connectivity index (χ4v) is 2.15. The van der Waals surface area contributed by atoms with Gasteiger partial charge in [0.05, 0.1) is 12.0 Å². The number of pyridine rings is 1. The molecule has 0 unspecified atom stereocenters. The summed E-state index contributed by atoms with van der Waals surface area (Å²) in [6.45, 7) is 6.27. The summed E-state index contributed by atoms with van der Waals surface area (Å²) >= 11 is 0. The maximum absolute atomic E-state index is 4.39. The summed E-state index contributed by atoms with van der Waals surface area (Å²) in [7, 11) is 2.15. The molecule has 0 aliphatic heterocycles. The molecule has 2 heterocycles. The number of hydrogen-bond donors (Lipinski definition) is 0. The van der Waals surface area contributed by atoms with Crippen LogP contribution in [0.25, 0.3) is 0 Å². The minimum Gasteiger partial charge on any atom is -0.334 e. The first-order valence-corrected chi connectivity index (χ1v) is 6.80. The van der Waals surface area contributed by atoms with Crippen LogP contribution in [-0.4, -0.2) is 32.5 Å². The molecule has 102 valence electrons. The fourth-order valence-electron chi connectivity index (χ4n) is 2.15. The maximum Gasteiger partial charge on any atom is 0.0948 e. The summed E-state index contributed by atoms with van der Waals surface area (Å²) in [5.41, 5.74) is 2.41. The Hall–Kier alpha value is -1.68. The van der Waals surface area contributed by atoms with Crippen LogP contribution in [0, 0.1) is 0 Å². The first kappa shape index (κ1) is 13.7. The van der Waals surface area contributed by atoms with E-state index in [2.05, 4.69) is 46.4 Å². The van der Waals surface area contributed by atoms with Crippen molar-refractivity contribution in [1.82, 2.24) is 19.4 Å². The summed E-state index contributed by atoms with van der Waals surface area (Å²) in [6, 6.07) is 6.54. The molecule has 4 heteroatoms. The highest BCUT2D eigenvalue weighted by Gasteiger charge is 2.12. The lowest BCUT2D eigenvalue weighted by molar-refractivity contribution is 0.241. The highest BCUT2D eigenvalue weighted by molar-refractivity contribution is 5.05. The van der Waals surface area contributed by atoms with Crippen LogP contribution < -0.4 is 0 Å². The van der Waals surface area contributed by atoms with Crippen LogP contribution in [0.1, 0.15) is 25.2 Å². The van der Waals surface area contributed by atoms with Gasteiger partial charge in [0, 0.05) is 43.6 Å². The molecular weight excluding hydrogens is 236 g/mol. The standard InChI is InChI=1S/C15H22N4/c1-4-19-12-16-10-15(19)11-18(3)13(2)9-14-7-5-6-8-17-14/h5-8,10,12-13H,4,9,11H2,1-3H3/t13-/m1/s1. The fraction of sp³-hybridized carbons (Fsp3) is 0.467. The van der Waals surface area contributed by atoms with E-state index >= 15 is 0 Å². The van der Waals surface area contributed by atoms with Crippen LogP contribution in [0.5, 0.6) is 0 Å². The molecule has 1 atom stereocenters. The van der Waals surface area contributed by atoms with E-state index in [1.165, 1.54) is 5.69 Å². The van der Waals surface area contributed by atoms with Crippen molar-refractivity contribution in [1.29, 1.82) is 0 Å². The SMILES string of the molecule is CCn1cncc1CN(C)[C@H](C)Cc1ccccn1. The van der Waals surface area contributed by atoms with Gasteiger partial charge in [0.25, 0.3) is 0 Å². The van der Waals surface area contributed by atoms with Gasteiger partial charge in [-0.05, 0) is 33.0 Å².